The SMILES string of the molecule is CC1CCN(CC(=O)c2ccc(O)cc2O)CC1C. The highest BCUT2D eigenvalue weighted by Crippen LogP contribution is 2.25. The number of rotatable bonds is 3. The van der Waals surface area contributed by atoms with E-state index in [1.807, 2.05) is 0 Å². The van der Waals surface area contributed by atoms with E-state index in [1.54, 1.807) is 0 Å². The molecule has 4 nitrogen and oxygen atoms in total. The molecule has 0 aliphatic carbocycles. The van der Waals surface area contributed by atoms with Crippen LogP contribution in [0.15, 0.2) is 18.2 Å². The predicted octanol–water partition coefficient (Wildman–Crippen LogP) is 2.26. The largest absolute Gasteiger partial charge is 0.508 e. The molecule has 1 heterocycles. The summed E-state index contributed by atoms with van der Waals surface area (Å²) in [5, 5.41) is 18.9. The number of nitrogens with zero attached hydrogens (tertiary/aromatic N) is 1. The number of carbonyl (C=O) groups excluding carboxylic acids is 1. The van der Waals surface area contributed by atoms with E-state index < -0.39 is 0 Å². The molecule has 2 unspecified atom stereocenters. The first-order chi connectivity index (χ1) is 8.97. The Kier molecular flexibility index (Phi) is 4.10. The van der Waals surface area contributed by atoms with Crippen molar-refractivity contribution in [1.29, 1.82) is 0 Å². The standard InChI is InChI=1S/C15H21NO3/c1-10-5-6-16(8-11(10)2)9-15(19)13-4-3-12(17)7-14(13)18/h3-4,7,10-11,17-18H,5-6,8-9H2,1-2H3. The lowest BCUT2D eigenvalue weighted by Gasteiger charge is -2.34. The highest BCUT2D eigenvalue weighted by molar-refractivity contribution is 6.00. The first kappa shape index (κ1) is 13.9. The Morgan fingerprint density at radius 2 is 2.05 bits per heavy atom. The van der Waals surface area contributed by atoms with Crippen molar-refractivity contribution in [2.75, 3.05) is 19.6 Å². The number of benzene rings is 1. The maximum Gasteiger partial charge on any atom is 0.180 e. The fraction of sp³-hybridized carbons (Fsp3) is 0.533. The monoisotopic (exact) mass is 263 g/mol. The maximum absolute atomic E-state index is 12.1. The van der Waals surface area contributed by atoms with Crippen molar-refractivity contribution in [2.45, 2.75) is 20.3 Å². The van der Waals surface area contributed by atoms with Crippen molar-refractivity contribution in [1.82, 2.24) is 4.90 Å². The first-order valence-electron chi connectivity index (χ1n) is 6.75. The van der Waals surface area contributed by atoms with Crippen LogP contribution in [-0.2, 0) is 0 Å². The average molecular weight is 263 g/mol. The molecule has 0 amide bonds. The molecule has 4 heteroatoms. The van der Waals surface area contributed by atoms with Crippen molar-refractivity contribution < 1.29 is 15.0 Å². The summed E-state index contributed by atoms with van der Waals surface area (Å²) in [7, 11) is 0. The van der Waals surface area contributed by atoms with E-state index in [0.717, 1.165) is 19.5 Å². The molecule has 2 rings (SSSR count). The van der Waals surface area contributed by atoms with E-state index in [-0.39, 0.29) is 22.8 Å². The minimum absolute atomic E-state index is 0.0329. The minimum Gasteiger partial charge on any atom is -0.508 e. The number of Topliss-reactive ketones (excluding diaryl/α,β-unsaturated/α-hetero) is 1. The van der Waals surface area contributed by atoms with Crippen LogP contribution in [-0.4, -0.2) is 40.5 Å². The summed E-state index contributed by atoms with van der Waals surface area (Å²) in [6.45, 7) is 6.63. The minimum atomic E-state index is -0.150. The fourth-order valence-corrected chi connectivity index (χ4v) is 2.54. The summed E-state index contributed by atoms with van der Waals surface area (Å²) < 4.78 is 0. The molecule has 0 aromatic heterocycles. The van der Waals surface area contributed by atoms with Gasteiger partial charge in [-0.25, -0.2) is 0 Å². The quantitative estimate of drug-likeness (QED) is 0.821. The van der Waals surface area contributed by atoms with Crippen molar-refractivity contribution in [3.8, 4) is 11.5 Å². The van der Waals surface area contributed by atoms with Crippen LogP contribution in [0.4, 0.5) is 0 Å². The second kappa shape index (κ2) is 5.61. The third kappa shape index (κ3) is 3.26. The second-order valence-corrected chi connectivity index (χ2v) is 5.60. The van der Waals surface area contributed by atoms with Crippen molar-refractivity contribution in [3.63, 3.8) is 0 Å². The third-order valence-electron chi connectivity index (χ3n) is 4.07. The Balaban J connectivity index is 2.01. The molecule has 2 atom stereocenters. The van der Waals surface area contributed by atoms with Gasteiger partial charge in [-0.05, 0) is 36.9 Å². The number of hydrogen-bond acceptors (Lipinski definition) is 4. The molecule has 1 aromatic carbocycles. The van der Waals surface area contributed by atoms with Gasteiger partial charge in [0.15, 0.2) is 5.78 Å². The van der Waals surface area contributed by atoms with Crippen molar-refractivity contribution >= 4 is 5.78 Å². The van der Waals surface area contributed by atoms with Gasteiger partial charge in [-0.3, -0.25) is 9.69 Å². The average Bonchev–Trinajstić information content (AvgIpc) is 2.33. The number of phenols is 2. The van der Waals surface area contributed by atoms with Gasteiger partial charge in [0.25, 0.3) is 0 Å². The summed E-state index contributed by atoms with van der Waals surface area (Å²) in [6, 6.07) is 4.10. The highest BCUT2D eigenvalue weighted by atomic mass is 16.3. The van der Waals surface area contributed by atoms with Gasteiger partial charge >= 0.3 is 0 Å². The lowest BCUT2D eigenvalue weighted by Crippen LogP contribution is -2.41. The number of aromatic hydroxyl groups is 2. The molecule has 1 fully saturated rings. The molecule has 0 spiro atoms. The molecule has 0 bridgehead atoms. The van der Waals surface area contributed by atoms with Crippen LogP contribution < -0.4 is 0 Å². The molecule has 2 N–H and O–H groups in total. The Hall–Kier alpha value is -1.55. The van der Waals surface area contributed by atoms with Crippen LogP contribution in [0, 0.1) is 11.8 Å². The van der Waals surface area contributed by atoms with Gasteiger partial charge in [0.1, 0.15) is 11.5 Å². The van der Waals surface area contributed by atoms with Crippen molar-refractivity contribution in [3.05, 3.63) is 23.8 Å². The van der Waals surface area contributed by atoms with E-state index in [1.165, 1.54) is 18.2 Å². The Morgan fingerprint density at radius 1 is 1.32 bits per heavy atom. The zero-order valence-electron chi connectivity index (χ0n) is 11.5. The van der Waals surface area contributed by atoms with Crippen LogP contribution in [0.2, 0.25) is 0 Å². The number of likely N-dealkylation sites (tertiary alicyclic amines) is 1. The van der Waals surface area contributed by atoms with E-state index in [2.05, 4.69) is 18.7 Å². The van der Waals surface area contributed by atoms with Gasteiger partial charge in [-0.2, -0.15) is 0 Å². The zero-order valence-corrected chi connectivity index (χ0v) is 11.5. The molecule has 19 heavy (non-hydrogen) atoms. The molecule has 1 saturated heterocycles. The molecular weight excluding hydrogens is 242 g/mol. The van der Waals surface area contributed by atoms with Crippen LogP contribution in [0.25, 0.3) is 0 Å². The summed E-state index contributed by atoms with van der Waals surface area (Å²) in [5.74, 6) is 1.01. The summed E-state index contributed by atoms with van der Waals surface area (Å²) in [4.78, 5) is 14.3. The van der Waals surface area contributed by atoms with Gasteiger partial charge in [0, 0.05) is 12.6 Å². The summed E-state index contributed by atoms with van der Waals surface area (Å²) in [6.07, 6.45) is 1.11. The van der Waals surface area contributed by atoms with Gasteiger partial charge in [0.05, 0.1) is 12.1 Å². The summed E-state index contributed by atoms with van der Waals surface area (Å²) in [5.41, 5.74) is 0.282. The number of piperidine rings is 1. The van der Waals surface area contributed by atoms with Gasteiger partial charge in [-0.1, -0.05) is 13.8 Å². The summed E-state index contributed by atoms with van der Waals surface area (Å²) >= 11 is 0. The zero-order chi connectivity index (χ0) is 14.0. The lowest BCUT2D eigenvalue weighted by molar-refractivity contribution is 0.0847. The fourth-order valence-electron chi connectivity index (χ4n) is 2.54. The topological polar surface area (TPSA) is 60.8 Å². The molecule has 1 aliphatic heterocycles. The number of carbonyl (C=O) groups is 1. The molecular formula is C15H21NO3. The Labute approximate surface area is 113 Å². The Morgan fingerprint density at radius 3 is 2.68 bits per heavy atom. The predicted molar refractivity (Wildman–Crippen MR) is 73.5 cm³/mol. The van der Waals surface area contributed by atoms with Crippen molar-refractivity contribution in [2.24, 2.45) is 11.8 Å². The van der Waals surface area contributed by atoms with Crippen LogP contribution in [0.1, 0.15) is 30.6 Å². The lowest BCUT2D eigenvalue weighted by atomic mass is 9.88. The molecule has 104 valence electrons. The van der Waals surface area contributed by atoms with E-state index >= 15 is 0 Å². The second-order valence-electron chi connectivity index (χ2n) is 5.60. The van der Waals surface area contributed by atoms with Gasteiger partial charge in [0.2, 0.25) is 0 Å². The highest BCUT2D eigenvalue weighted by Gasteiger charge is 2.24. The third-order valence-corrected chi connectivity index (χ3v) is 4.07. The van der Waals surface area contributed by atoms with E-state index in [9.17, 15) is 15.0 Å². The number of hydrogen-bond donors (Lipinski definition) is 2. The normalized spacial score (nSPS) is 24.3. The smallest absolute Gasteiger partial charge is 0.180 e. The van der Waals surface area contributed by atoms with Gasteiger partial charge < -0.3 is 10.2 Å². The van der Waals surface area contributed by atoms with Crippen LogP contribution >= 0.6 is 0 Å². The van der Waals surface area contributed by atoms with E-state index in [4.69, 9.17) is 0 Å². The van der Waals surface area contributed by atoms with Gasteiger partial charge in [-0.15, -0.1) is 0 Å². The van der Waals surface area contributed by atoms with E-state index in [0.29, 0.717) is 18.4 Å². The van der Waals surface area contributed by atoms with Crippen LogP contribution in [0.3, 0.4) is 0 Å². The maximum atomic E-state index is 12.1. The molecule has 0 radical (unpaired) electrons. The Bertz CT molecular complexity index is 472. The van der Waals surface area contributed by atoms with Crippen LogP contribution in [0.5, 0.6) is 11.5 Å². The number of phenolic OH excluding ortho intramolecular Hbond substituents is 2. The molecule has 1 aliphatic rings. The number of ketones is 1. The molecule has 1 aromatic rings. The first-order valence-corrected chi connectivity index (χ1v) is 6.75. The molecule has 0 saturated carbocycles.